The molecule has 1 amide bonds. The summed E-state index contributed by atoms with van der Waals surface area (Å²) < 4.78 is 64.8. The molecular formula is C21H26F3N3O3S. The number of benzene rings is 2. The van der Waals surface area contributed by atoms with E-state index < -0.39 is 27.8 Å². The third-order valence-corrected chi connectivity index (χ3v) is 6.25. The average Bonchev–Trinajstić information content (AvgIpc) is 2.66. The van der Waals surface area contributed by atoms with Gasteiger partial charge in [-0.3, -0.25) is 9.69 Å². The standard InChI is InChI=1S/C21H26F3N3O3S/c1-14(2)26-31(29,30)19-11-9-18(10-12-19)25-20(28)15(3)27(4)13-16-5-7-17(8-6-16)21(22,23)24/h5-12,14-15,26H,13H2,1-4H3,(H,25,28). The minimum Gasteiger partial charge on any atom is -0.325 e. The number of sulfonamides is 1. The molecule has 0 aromatic heterocycles. The molecule has 10 heteroatoms. The van der Waals surface area contributed by atoms with Gasteiger partial charge in [0.25, 0.3) is 0 Å². The van der Waals surface area contributed by atoms with Crippen LogP contribution in [0.3, 0.4) is 0 Å². The lowest BCUT2D eigenvalue weighted by Gasteiger charge is -2.24. The minimum atomic E-state index is -4.39. The van der Waals surface area contributed by atoms with E-state index in [2.05, 4.69) is 10.0 Å². The van der Waals surface area contributed by atoms with Gasteiger partial charge in [-0.05, 0) is 69.8 Å². The van der Waals surface area contributed by atoms with E-state index in [0.717, 1.165) is 12.1 Å². The van der Waals surface area contributed by atoms with Gasteiger partial charge in [0.15, 0.2) is 0 Å². The molecule has 0 bridgehead atoms. The molecule has 0 saturated heterocycles. The molecule has 170 valence electrons. The summed E-state index contributed by atoms with van der Waals surface area (Å²) >= 11 is 0. The molecular weight excluding hydrogens is 431 g/mol. The van der Waals surface area contributed by atoms with Crippen LogP contribution >= 0.6 is 0 Å². The molecule has 0 spiro atoms. The van der Waals surface area contributed by atoms with E-state index >= 15 is 0 Å². The second-order valence-electron chi connectivity index (χ2n) is 7.58. The van der Waals surface area contributed by atoms with E-state index in [-0.39, 0.29) is 23.4 Å². The second kappa shape index (κ2) is 9.80. The van der Waals surface area contributed by atoms with Crippen LogP contribution < -0.4 is 10.0 Å². The molecule has 2 rings (SSSR count). The van der Waals surface area contributed by atoms with Crippen molar-refractivity contribution in [2.24, 2.45) is 0 Å². The highest BCUT2D eigenvalue weighted by Gasteiger charge is 2.30. The molecule has 2 aromatic rings. The summed E-state index contributed by atoms with van der Waals surface area (Å²) in [7, 11) is -1.93. The molecule has 0 heterocycles. The predicted molar refractivity (Wildman–Crippen MR) is 113 cm³/mol. The number of carbonyl (C=O) groups is 1. The maximum atomic E-state index is 12.7. The first-order valence-corrected chi connectivity index (χ1v) is 11.1. The third-order valence-electron chi connectivity index (χ3n) is 4.58. The van der Waals surface area contributed by atoms with E-state index in [1.165, 1.54) is 36.4 Å². The first-order valence-electron chi connectivity index (χ1n) is 9.59. The van der Waals surface area contributed by atoms with Crippen molar-refractivity contribution in [3.05, 3.63) is 59.7 Å². The summed E-state index contributed by atoms with van der Waals surface area (Å²) in [5.41, 5.74) is 0.351. The van der Waals surface area contributed by atoms with Crippen LogP contribution in [-0.2, 0) is 27.5 Å². The van der Waals surface area contributed by atoms with Gasteiger partial charge in [0.1, 0.15) is 0 Å². The third kappa shape index (κ3) is 7.05. The van der Waals surface area contributed by atoms with Gasteiger partial charge >= 0.3 is 6.18 Å². The van der Waals surface area contributed by atoms with Crippen molar-refractivity contribution in [3.63, 3.8) is 0 Å². The molecule has 0 aliphatic rings. The van der Waals surface area contributed by atoms with Crippen LogP contribution in [0.1, 0.15) is 31.9 Å². The number of nitrogens with zero attached hydrogens (tertiary/aromatic N) is 1. The Kier molecular flexibility index (Phi) is 7.85. The summed E-state index contributed by atoms with van der Waals surface area (Å²) in [4.78, 5) is 14.3. The number of amides is 1. The molecule has 31 heavy (non-hydrogen) atoms. The number of alkyl halides is 3. The van der Waals surface area contributed by atoms with Gasteiger partial charge in [0.2, 0.25) is 15.9 Å². The number of rotatable bonds is 8. The molecule has 1 atom stereocenters. The zero-order valence-electron chi connectivity index (χ0n) is 17.7. The number of likely N-dealkylation sites (N-methyl/N-ethyl adjacent to an activating group) is 1. The normalized spacial score (nSPS) is 13.5. The van der Waals surface area contributed by atoms with E-state index in [9.17, 15) is 26.4 Å². The van der Waals surface area contributed by atoms with Crippen molar-refractivity contribution in [2.75, 3.05) is 12.4 Å². The fraction of sp³-hybridized carbons (Fsp3) is 0.381. The Morgan fingerprint density at radius 3 is 2.03 bits per heavy atom. The smallest absolute Gasteiger partial charge is 0.325 e. The van der Waals surface area contributed by atoms with Crippen LogP contribution in [0.2, 0.25) is 0 Å². The number of anilines is 1. The molecule has 6 nitrogen and oxygen atoms in total. The Labute approximate surface area is 180 Å². The summed E-state index contributed by atoms with van der Waals surface area (Å²) in [6, 6.07) is 9.76. The Hall–Kier alpha value is -2.43. The minimum absolute atomic E-state index is 0.0895. The van der Waals surface area contributed by atoms with Crippen LogP contribution in [0.4, 0.5) is 18.9 Å². The lowest BCUT2D eigenvalue weighted by Crippen LogP contribution is -2.39. The Morgan fingerprint density at radius 1 is 1.00 bits per heavy atom. The van der Waals surface area contributed by atoms with Crippen molar-refractivity contribution in [3.8, 4) is 0 Å². The molecule has 0 saturated carbocycles. The Morgan fingerprint density at radius 2 is 1.55 bits per heavy atom. The van der Waals surface area contributed by atoms with Gasteiger partial charge < -0.3 is 5.32 Å². The Bertz CT molecular complexity index is 989. The maximum absolute atomic E-state index is 12.7. The van der Waals surface area contributed by atoms with Crippen molar-refractivity contribution in [2.45, 2.75) is 50.5 Å². The van der Waals surface area contributed by atoms with Crippen LogP contribution in [0, 0.1) is 0 Å². The monoisotopic (exact) mass is 457 g/mol. The van der Waals surface area contributed by atoms with E-state index in [0.29, 0.717) is 11.3 Å². The summed E-state index contributed by atoms with van der Waals surface area (Å²) in [5.74, 6) is -0.328. The van der Waals surface area contributed by atoms with Gasteiger partial charge in [-0.15, -0.1) is 0 Å². The largest absolute Gasteiger partial charge is 0.416 e. The highest BCUT2D eigenvalue weighted by molar-refractivity contribution is 7.89. The zero-order chi connectivity index (χ0) is 23.4. The number of halogens is 3. The first-order chi connectivity index (χ1) is 14.3. The highest BCUT2D eigenvalue weighted by Crippen LogP contribution is 2.29. The predicted octanol–water partition coefficient (Wildman–Crippen LogP) is 3.85. The average molecular weight is 458 g/mol. The van der Waals surface area contributed by atoms with Crippen LogP contribution in [-0.4, -0.2) is 38.4 Å². The first kappa shape index (κ1) is 24.8. The summed E-state index contributed by atoms with van der Waals surface area (Å²) in [6.07, 6.45) is -4.39. The molecule has 1 unspecified atom stereocenters. The van der Waals surface area contributed by atoms with Crippen LogP contribution in [0.15, 0.2) is 53.4 Å². The Balaban J connectivity index is 1.98. The van der Waals surface area contributed by atoms with Gasteiger partial charge in [-0.1, -0.05) is 12.1 Å². The molecule has 0 aliphatic carbocycles. The lowest BCUT2D eigenvalue weighted by molar-refractivity contribution is -0.137. The van der Waals surface area contributed by atoms with E-state index in [1.807, 2.05) is 0 Å². The van der Waals surface area contributed by atoms with E-state index in [1.54, 1.807) is 32.7 Å². The topological polar surface area (TPSA) is 78.5 Å². The fourth-order valence-corrected chi connectivity index (χ4v) is 4.02. The van der Waals surface area contributed by atoms with Gasteiger partial charge in [0, 0.05) is 18.3 Å². The van der Waals surface area contributed by atoms with Crippen LogP contribution in [0.25, 0.3) is 0 Å². The van der Waals surface area contributed by atoms with Crippen molar-refractivity contribution in [1.82, 2.24) is 9.62 Å². The lowest BCUT2D eigenvalue weighted by atomic mass is 10.1. The summed E-state index contributed by atoms with van der Waals surface area (Å²) in [5, 5.41) is 2.71. The SMILES string of the molecule is CC(C)NS(=O)(=O)c1ccc(NC(=O)C(C)N(C)Cc2ccc(C(F)(F)F)cc2)cc1. The van der Waals surface area contributed by atoms with Gasteiger partial charge in [-0.2, -0.15) is 13.2 Å². The molecule has 0 aliphatic heterocycles. The van der Waals surface area contributed by atoms with Gasteiger partial charge in [0.05, 0.1) is 16.5 Å². The maximum Gasteiger partial charge on any atom is 0.416 e. The van der Waals surface area contributed by atoms with Crippen molar-refractivity contribution < 1.29 is 26.4 Å². The fourth-order valence-electron chi connectivity index (χ4n) is 2.77. The van der Waals surface area contributed by atoms with Gasteiger partial charge in [-0.25, -0.2) is 13.1 Å². The number of carbonyl (C=O) groups excluding carboxylic acids is 1. The molecule has 2 N–H and O–H groups in total. The molecule has 0 fully saturated rings. The zero-order valence-corrected chi connectivity index (χ0v) is 18.5. The number of hydrogen-bond acceptors (Lipinski definition) is 4. The number of nitrogens with one attached hydrogen (secondary N) is 2. The van der Waals surface area contributed by atoms with Crippen LogP contribution in [0.5, 0.6) is 0 Å². The molecule has 0 radical (unpaired) electrons. The quantitative estimate of drug-likeness (QED) is 0.631. The summed E-state index contributed by atoms with van der Waals surface area (Å²) in [6.45, 7) is 5.39. The van der Waals surface area contributed by atoms with Crippen molar-refractivity contribution in [1.29, 1.82) is 0 Å². The van der Waals surface area contributed by atoms with E-state index in [4.69, 9.17) is 0 Å². The number of hydrogen-bond donors (Lipinski definition) is 2. The highest BCUT2D eigenvalue weighted by atomic mass is 32.2. The van der Waals surface area contributed by atoms with Crippen molar-refractivity contribution >= 4 is 21.6 Å². The second-order valence-corrected chi connectivity index (χ2v) is 9.29. The molecule has 2 aromatic carbocycles.